The molecule has 0 N–H and O–H groups in total. The Bertz CT molecular complexity index is 4180. The fraction of sp³-hybridized carbons (Fsp3) is 0.348. The maximum Gasteiger partial charge on any atom is 0.0215 e. The first-order chi connectivity index (χ1) is 44.9. The van der Waals surface area contributed by atoms with E-state index in [-0.39, 0.29) is 21.7 Å². The van der Waals surface area contributed by atoms with E-state index in [2.05, 4.69) is 263 Å². The van der Waals surface area contributed by atoms with Crippen molar-refractivity contribution in [3.8, 4) is 66.8 Å². The zero-order valence-corrected chi connectivity index (χ0v) is 57.0. The van der Waals surface area contributed by atoms with Crippen molar-refractivity contribution < 1.29 is 0 Å². The molecule has 2 aliphatic carbocycles. The first-order valence-corrected chi connectivity index (χ1v) is 36.1. The van der Waals surface area contributed by atoms with Crippen molar-refractivity contribution in [3.63, 3.8) is 0 Å². The highest BCUT2D eigenvalue weighted by molar-refractivity contribution is 6.35. The van der Waals surface area contributed by atoms with Crippen LogP contribution >= 0.6 is 0 Å². The molecule has 468 valence electrons. The van der Waals surface area contributed by atoms with Crippen molar-refractivity contribution in [1.82, 2.24) is 0 Å². The number of hydrogen-bond acceptors (Lipinski definition) is 0. The minimum atomic E-state index is -0.213. The van der Waals surface area contributed by atoms with Crippen LogP contribution in [0.25, 0.3) is 110 Å². The Morgan fingerprint density at radius 3 is 0.978 bits per heavy atom. The van der Waals surface area contributed by atoms with Gasteiger partial charge in [-0.3, -0.25) is 0 Å². The van der Waals surface area contributed by atoms with E-state index in [1.807, 2.05) is 0 Å². The number of fused-ring (bicyclic) bond motifs is 8. The minimum Gasteiger partial charge on any atom is -0.102 e. The summed E-state index contributed by atoms with van der Waals surface area (Å²) in [4.78, 5) is 0. The second kappa shape index (κ2) is 26.3. The number of hydrogen-bond donors (Lipinski definition) is 0. The largest absolute Gasteiger partial charge is 0.102 e. The summed E-state index contributed by atoms with van der Waals surface area (Å²) in [5.41, 5.74) is 24.3. The van der Waals surface area contributed by atoms with Gasteiger partial charge in [-0.15, -0.1) is 13.2 Å². The topological polar surface area (TPSA) is 0 Å². The van der Waals surface area contributed by atoms with E-state index in [1.165, 1.54) is 261 Å². The average Bonchev–Trinajstić information content (AvgIpc) is 0.776. The standard InChI is InChI=1S/C92H100/c1-11-17-21-29-55-91(56-30-22-18-12-2)83-41-27-25-35-71(83)73-47-43-63(59-85(73)91)81-61-65(89(7,8)15-5)45-49-69(81)67-51-53-79-78-40-34-38-76-68(52-54-80(88(76)78)77-39-33-37-75(67)87(77)79)70-50-46-66(90(9,10)16-6)62-82(70)64-44-48-74-72-36-26-28-42-84(72)92(86(74)60-64,57-31-23-19-13-3)58-32-24-20-14-4/h15-16,25-28,33-54,59-62H,5-6,11-14,17-24,29-32,55-58H2,1-4,7-10H3. The van der Waals surface area contributed by atoms with Gasteiger partial charge in [-0.05, 0) is 193 Å². The Balaban J connectivity index is 0.971. The summed E-state index contributed by atoms with van der Waals surface area (Å²) in [5.74, 6) is 0. The second-order valence-electron chi connectivity index (χ2n) is 29.2. The summed E-state index contributed by atoms with van der Waals surface area (Å²) >= 11 is 0. The van der Waals surface area contributed by atoms with E-state index in [1.54, 1.807) is 11.1 Å². The lowest BCUT2D eigenvalue weighted by atomic mass is 9.70. The third kappa shape index (κ3) is 11.0. The zero-order valence-electron chi connectivity index (χ0n) is 57.0. The van der Waals surface area contributed by atoms with E-state index in [0.717, 1.165) is 0 Å². The van der Waals surface area contributed by atoms with Gasteiger partial charge in [-0.25, -0.2) is 0 Å². The van der Waals surface area contributed by atoms with E-state index < -0.39 is 0 Å². The Morgan fingerprint density at radius 1 is 0.283 bits per heavy atom. The number of rotatable bonds is 28. The molecule has 0 radical (unpaired) electrons. The Hall–Kier alpha value is -7.80. The zero-order chi connectivity index (χ0) is 63.8. The molecule has 0 fully saturated rings. The summed E-state index contributed by atoms with van der Waals surface area (Å²) < 4.78 is 0. The predicted octanol–water partition coefficient (Wildman–Crippen LogP) is 27.7. The summed E-state index contributed by atoms with van der Waals surface area (Å²) in [6, 6.07) is 72.8. The average molecular weight is 1210 g/mol. The lowest BCUT2D eigenvalue weighted by Gasteiger charge is -2.33. The van der Waals surface area contributed by atoms with Crippen molar-refractivity contribution in [2.75, 3.05) is 0 Å². The van der Waals surface area contributed by atoms with Crippen LogP contribution in [0, 0.1) is 0 Å². The summed E-state index contributed by atoms with van der Waals surface area (Å²) in [6.45, 7) is 27.4. The van der Waals surface area contributed by atoms with Crippen LogP contribution in [0.5, 0.6) is 0 Å². The van der Waals surface area contributed by atoms with Gasteiger partial charge in [0.1, 0.15) is 0 Å². The van der Waals surface area contributed by atoms with E-state index in [0.29, 0.717) is 0 Å². The molecular weight excluding hydrogens is 1110 g/mol. The predicted molar refractivity (Wildman–Crippen MR) is 403 cm³/mol. The van der Waals surface area contributed by atoms with Crippen LogP contribution in [0.2, 0.25) is 0 Å². The van der Waals surface area contributed by atoms with Gasteiger partial charge in [-0.1, -0.05) is 328 Å². The van der Waals surface area contributed by atoms with Gasteiger partial charge >= 0.3 is 0 Å². The van der Waals surface area contributed by atoms with Crippen LogP contribution < -0.4 is 0 Å². The lowest BCUT2D eigenvalue weighted by molar-refractivity contribution is 0.401. The molecular formula is C92H100. The normalized spacial score (nSPS) is 13.9. The van der Waals surface area contributed by atoms with Crippen LogP contribution in [-0.4, -0.2) is 0 Å². The third-order valence-electron chi connectivity index (χ3n) is 22.8. The molecule has 0 spiro atoms. The van der Waals surface area contributed by atoms with Crippen LogP contribution in [0.3, 0.4) is 0 Å². The number of benzene rings is 11. The van der Waals surface area contributed by atoms with Crippen LogP contribution in [0.1, 0.15) is 217 Å². The molecule has 0 aliphatic heterocycles. The molecule has 0 heteroatoms. The quantitative estimate of drug-likeness (QED) is 0.0198. The number of allylic oxidation sites excluding steroid dienone is 2. The highest BCUT2D eigenvalue weighted by atomic mass is 14.5. The highest BCUT2D eigenvalue weighted by Gasteiger charge is 2.44. The molecule has 0 heterocycles. The molecule has 0 nitrogen and oxygen atoms in total. The fourth-order valence-electron chi connectivity index (χ4n) is 17.2. The molecule has 92 heavy (non-hydrogen) atoms. The molecule has 0 bridgehead atoms. The van der Waals surface area contributed by atoms with Gasteiger partial charge in [0.15, 0.2) is 0 Å². The molecule has 11 aromatic rings. The molecule has 0 saturated carbocycles. The molecule has 13 rings (SSSR count). The van der Waals surface area contributed by atoms with Crippen molar-refractivity contribution in [3.05, 3.63) is 241 Å². The Labute approximate surface area is 552 Å². The van der Waals surface area contributed by atoms with Crippen LogP contribution in [-0.2, 0) is 21.7 Å². The maximum atomic E-state index is 4.37. The summed E-state index contributed by atoms with van der Waals surface area (Å²) in [7, 11) is 0. The number of unbranched alkanes of at least 4 members (excludes halogenated alkanes) is 12. The van der Waals surface area contributed by atoms with Crippen LogP contribution in [0.15, 0.2) is 207 Å². The first-order valence-electron chi connectivity index (χ1n) is 36.1. The van der Waals surface area contributed by atoms with E-state index in [4.69, 9.17) is 0 Å². The molecule has 2 aliphatic rings. The summed E-state index contributed by atoms with van der Waals surface area (Å²) in [6.07, 6.45) is 29.3. The van der Waals surface area contributed by atoms with Crippen molar-refractivity contribution in [1.29, 1.82) is 0 Å². The monoisotopic (exact) mass is 1200 g/mol. The van der Waals surface area contributed by atoms with Crippen molar-refractivity contribution in [2.24, 2.45) is 0 Å². The van der Waals surface area contributed by atoms with Gasteiger partial charge in [0, 0.05) is 21.7 Å². The molecule has 0 aromatic heterocycles. The fourth-order valence-corrected chi connectivity index (χ4v) is 17.2. The molecule has 11 aromatic carbocycles. The molecule has 0 unspecified atom stereocenters. The minimum absolute atomic E-state index is 0.00801. The first kappa shape index (κ1) is 63.0. The van der Waals surface area contributed by atoms with Gasteiger partial charge in [0.25, 0.3) is 0 Å². The second-order valence-corrected chi connectivity index (χ2v) is 29.2. The molecule has 0 amide bonds. The Kier molecular flexibility index (Phi) is 18.0. The van der Waals surface area contributed by atoms with E-state index >= 15 is 0 Å². The van der Waals surface area contributed by atoms with Gasteiger partial charge < -0.3 is 0 Å². The van der Waals surface area contributed by atoms with E-state index in [9.17, 15) is 0 Å². The van der Waals surface area contributed by atoms with Gasteiger partial charge in [-0.2, -0.15) is 0 Å². The summed E-state index contributed by atoms with van der Waals surface area (Å²) in [5, 5.41) is 10.5. The SMILES string of the molecule is C=CC(C)(C)c1ccc(-c2ccc3c4cccc5c(-c6ccc(C(C)(C)C=C)cc6-c6ccc7c(c6)C(CCCCCC)(CCCCCC)c6ccccc6-7)ccc(c6cccc2c63)c54)c(-c2ccc3c(c2)C(CCCCCC)(CCCCCC)c2ccccc2-3)c1. The van der Waals surface area contributed by atoms with Gasteiger partial charge in [0.05, 0.1) is 0 Å². The van der Waals surface area contributed by atoms with Crippen molar-refractivity contribution >= 4 is 43.1 Å². The third-order valence-corrected chi connectivity index (χ3v) is 22.8. The van der Waals surface area contributed by atoms with Crippen LogP contribution in [0.4, 0.5) is 0 Å². The van der Waals surface area contributed by atoms with Gasteiger partial charge in [0.2, 0.25) is 0 Å². The lowest BCUT2D eigenvalue weighted by Crippen LogP contribution is -2.25. The highest BCUT2D eigenvalue weighted by Crippen LogP contribution is 2.58. The Morgan fingerprint density at radius 2 is 0.609 bits per heavy atom. The molecule has 0 saturated heterocycles. The van der Waals surface area contributed by atoms with Crippen molar-refractivity contribution in [2.45, 2.75) is 205 Å². The smallest absolute Gasteiger partial charge is 0.0215 e. The maximum absolute atomic E-state index is 4.37. The molecule has 0 atom stereocenters.